The van der Waals surface area contributed by atoms with Crippen LogP contribution >= 0.6 is 0 Å². The Hall–Kier alpha value is -0.300. The van der Waals surface area contributed by atoms with Gasteiger partial charge in [-0.25, -0.2) is 0 Å². The predicted molar refractivity (Wildman–Crippen MR) is 65.9 cm³/mol. The molecule has 0 radical (unpaired) electrons. The van der Waals surface area contributed by atoms with Crippen LogP contribution in [-0.2, 0) is 0 Å². The zero-order valence-electron chi connectivity index (χ0n) is 10.9. The van der Waals surface area contributed by atoms with Crippen molar-refractivity contribution in [1.82, 2.24) is 0 Å². The van der Waals surface area contributed by atoms with E-state index in [1.807, 2.05) is 0 Å². The maximum Gasteiger partial charge on any atom is 0.0755 e. The van der Waals surface area contributed by atoms with Gasteiger partial charge in [0, 0.05) is 0 Å². The molecule has 3 rings (SSSR count). The quantitative estimate of drug-likeness (QED) is 0.621. The fourth-order valence-corrected chi connectivity index (χ4v) is 4.65. The first-order valence-electron chi connectivity index (χ1n) is 6.84. The summed E-state index contributed by atoms with van der Waals surface area (Å²) in [5, 5.41) is 10.1. The molecule has 0 aromatic heterocycles. The normalized spacial score (nSPS) is 53.7. The largest absolute Gasteiger partial charge is 0.389 e. The van der Waals surface area contributed by atoms with Crippen LogP contribution in [0.25, 0.3) is 0 Å². The number of fused-ring (bicyclic) bond motifs is 3. The first-order chi connectivity index (χ1) is 7.44. The van der Waals surface area contributed by atoms with Crippen LogP contribution < -0.4 is 0 Å². The minimum Gasteiger partial charge on any atom is -0.389 e. The van der Waals surface area contributed by atoms with Gasteiger partial charge in [0.25, 0.3) is 0 Å². The molecule has 0 spiro atoms. The Morgan fingerprint density at radius 1 is 1.25 bits per heavy atom. The number of allylic oxidation sites excluding steroid dienone is 1. The predicted octanol–water partition coefficient (Wildman–Crippen LogP) is 3.24. The lowest BCUT2D eigenvalue weighted by molar-refractivity contribution is 0.139. The second-order valence-electron chi connectivity index (χ2n) is 6.97. The third-order valence-corrected chi connectivity index (χ3v) is 5.86. The molecule has 0 unspecified atom stereocenters. The fourth-order valence-electron chi connectivity index (χ4n) is 4.65. The average Bonchev–Trinajstić information content (AvgIpc) is 2.68. The number of aliphatic hydroxyl groups is 1. The van der Waals surface area contributed by atoms with Crippen LogP contribution in [0.3, 0.4) is 0 Å². The molecule has 3 aliphatic carbocycles. The van der Waals surface area contributed by atoms with Gasteiger partial charge in [-0.05, 0) is 47.8 Å². The smallest absolute Gasteiger partial charge is 0.0755 e. The van der Waals surface area contributed by atoms with E-state index in [-0.39, 0.29) is 6.10 Å². The summed E-state index contributed by atoms with van der Waals surface area (Å²) in [5.41, 5.74) is 2.11. The number of rotatable bonds is 0. The highest BCUT2D eigenvalue weighted by molar-refractivity contribution is 5.29. The first-order valence-corrected chi connectivity index (χ1v) is 6.84. The summed E-state index contributed by atoms with van der Waals surface area (Å²) in [4.78, 5) is 0. The highest BCUT2D eigenvalue weighted by atomic mass is 16.3. The number of aliphatic hydroxyl groups excluding tert-OH is 1. The Balaban J connectivity index is 1.97. The molecule has 1 heteroatoms. The van der Waals surface area contributed by atoms with Crippen molar-refractivity contribution in [3.8, 4) is 0 Å². The van der Waals surface area contributed by atoms with Gasteiger partial charge in [0.2, 0.25) is 0 Å². The molecule has 0 aromatic carbocycles. The molecule has 0 heterocycles. The molecule has 0 bridgehead atoms. The van der Waals surface area contributed by atoms with Gasteiger partial charge < -0.3 is 5.11 Å². The molecule has 0 aromatic rings. The van der Waals surface area contributed by atoms with Gasteiger partial charge in [0.1, 0.15) is 0 Å². The Kier molecular flexibility index (Phi) is 2.12. The maximum atomic E-state index is 10.1. The molecule has 0 saturated heterocycles. The summed E-state index contributed by atoms with van der Waals surface area (Å²) in [6.07, 6.45) is 4.72. The highest BCUT2D eigenvalue weighted by Gasteiger charge is 2.64. The van der Waals surface area contributed by atoms with Gasteiger partial charge in [-0.1, -0.05) is 39.3 Å². The van der Waals surface area contributed by atoms with E-state index in [9.17, 15) is 5.11 Å². The van der Waals surface area contributed by atoms with Crippen molar-refractivity contribution < 1.29 is 5.11 Å². The lowest BCUT2D eigenvalue weighted by Crippen LogP contribution is -2.22. The Morgan fingerprint density at radius 3 is 2.62 bits per heavy atom. The zero-order chi connectivity index (χ0) is 11.7. The first kappa shape index (κ1) is 10.8. The molecular weight excluding hydrogens is 196 g/mol. The van der Waals surface area contributed by atoms with E-state index in [4.69, 9.17) is 0 Å². The summed E-state index contributed by atoms with van der Waals surface area (Å²) in [6.45, 7) is 9.43. The van der Waals surface area contributed by atoms with E-state index in [1.54, 1.807) is 5.57 Å². The van der Waals surface area contributed by atoms with E-state index < -0.39 is 0 Å². The van der Waals surface area contributed by atoms with Crippen molar-refractivity contribution in [3.63, 3.8) is 0 Å². The van der Waals surface area contributed by atoms with Crippen molar-refractivity contribution in [3.05, 3.63) is 11.6 Å². The van der Waals surface area contributed by atoms with Crippen LogP contribution in [-0.4, -0.2) is 11.2 Å². The Labute approximate surface area is 98.9 Å². The van der Waals surface area contributed by atoms with Crippen LogP contribution in [0.15, 0.2) is 11.6 Å². The highest BCUT2D eigenvalue weighted by Crippen LogP contribution is 2.69. The Bertz CT molecular complexity index is 341. The molecule has 1 nitrogen and oxygen atoms in total. The second-order valence-corrected chi connectivity index (χ2v) is 6.97. The zero-order valence-corrected chi connectivity index (χ0v) is 10.9. The van der Waals surface area contributed by atoms with Crippen LogP contribution in [0.5, 0.6) is 0 Å². The molecule has 3 aliphatic rings. The fraction of sp³-hybridized carbons (Fsp3) is 0.867. The van der Waals surface area contributed by atoms with E-state index >= 15 is 0 Å². The van der Waals surface area contributed by atoms with E-state index in [2.05, 4.69) is 33.8 Å². The molecule has 2 fully saturated rings. The topological polar surface area (TPSA) is 20.2 Å². The Morgan fingerprint density at radius 2 is 1.94 bits per heavy atom. The SMILES string of the molecule is C[C@H]1[C@@H]2C(=C[C@@H]1O)[C@H](C)CC[C@@H]1[C@H]2C1(C)C. The van der Waals surface area contributed by atoms with Crippen molar-refractivity contribution in [2.75, 3.05) is 0 Å². The standard InChI is InChI=1S/C15H24O/c1-8-5-6-11-14(15(11,3)4)13-9(2)12(16)7-10(8)13/h7-9,11-14,16H,5-6H2,1-4H3/t8-,9-,11-,12+,13-,14-/m1/s1. The molecule has 1 N–H and O–H groups in total. The van der Waals surface area contributed by atoms with Crippen LogP contribution in [0.1, 0.15) is 40.5 Å². The summed E-state index contributed by atoms with van der Waals surface area (Å²) in [6, 6.07) is 0. The molecule has 6 atom stereocenters. The molecule has 90 valence electrons. The van der Waals surface area contributed by atoms with E-state index in [0.29, 0.717) is 23.2 Å². The summed E-state index contributed by atoms with van der Waals surface area (Å²) >= 11 is 0. The third kappa shape index (κ3) is 1.21. The van der Waals surface area contributed by atoms with Crippen LogP contribution in [0.4, 0.5) is 0 Å². The molecule has 0 amide bonds. The van der Waals surface area contributed by atoms with Crippen molar-refractivity contribution >= 4 is 0 Å². The van der Waals surface area contributed by atoms with Gasteiger partial charge in [-0.3, -0.25) is 0 Å². The molecule has 0 aliphatic heterocycles. The minimum atomic E-state index is -0.183. The lowest BCUT2D eigenvalue weighted by atomic mass is 9.80. The van der Waals surface area contributed by atoms with E-state index in [1.165, 1.54) is 12.8 Å². The molecular formula is C15H24O. The van der Waals surface area contributed by atoms with Crippen molar-refractivity contribution in [2.24, 2.45) is 35.0 Å². The van der Waals surface area contributed by atoms with Gasteiger partial charge in [-0.15, -0.1) is 0 Å². The summed E-state index contributed by atoms with van der Waals surface area (Å²) in [5.74, 6) is 3.58. The number of hydrogen-bond acceptors (Lipinski definition) is 1. The van der Waals surface area contributed by atoms with E-state index in [0.717, 1.165) is 11.8 Å². The monoisotopic (exact) mass is 220 g/mol. The van der Waals surface area contributed by atoms with Crippen molar-refractivity contribution in [2.45, 2.75) is 46.6 Å². The van der Waals surface area contributed by atoms with Crippen LogP contribution in [0.2, 0.25) is 0 Å². The minimum absolute atomic E-state index is 0.183. The van der Waals surface area contributed by atoms with Gasteiger partial charge in [0.05, 0.1) is 6.10 Å². The maximum absolute atomic E-state index is 10.1. The van der Waals surface area contributed by atoms with Gasteiger partial charge in [0.15, 0.2) is 0 Å². The third-order valence-electron chi connectivity index (χ3n) is 5.86. The second kappa shape index (κ2) is 3.13. The summed E-state index contributed by atoms with van der Waals surface area (Å²) in [7, 11) is 0. The van der Waals surface area contributed by atoms with Crippen LogP contribution in [0, 0.1) is 35.0 Å². The number of hydrogen-bond donors (Lipinski definition) is 1. The average molecular weight is 220 g/mol. The lowest BCUT2D eigenvalue weighted by Gasteiger charge is -2.25. The van der Waals surface area contributed by atoms with Crippen molar-refractivity contribution in [1.29, 1.82) is 0 Å². The van der Waals surface area contributed by atoms with Gasteiger partial charge in [-0.2, -0.15) is 0 Å². The summed E-state index contributed by atoms with van der Waals surface area (Å²) < 4.78 is 0. The molecule has 16 heavy (non-hydrogen) atoms. The molecule has 2 saturated carbocycles. The van der Waals surface area contributed by atoms with Gasteiger partial charge >= 0.3 is 0 Å².